The molecule has 3 rings (SSSR count). The van der Waals surface area contributed by atoms with Gasteiger partial charge in [-0.05, 0) is 43.4 Å². The molecule has 0 spiro atoms. The van der Waals surface area contributed by atoms with Crippen LogP contribution in [0.15, 0.2) is 28.7 Å². The molecule has 0 saturated carbocycles. The van der Waals surface area contributed by atoms with Gasteiger partial charge in [0.1, 0.15) is 5.82 Å². The van der Waals surface area contributed by atoms with Crippen LogP contribution in [0, 0.1) is 0 Å². The number of hydrogen-bond donors (Lipinski definition) is 2. The molecule has 1 amide bonds. The van der Waals surface area contributed by atoms with E-state index < -0.39 is 0 Å². The van der Waals surface area contributed by atoms with Crippen LogP contribution in [-0.2, 0) is 30.6 Å². The minimum Gasteiger partial charge on any atom is -0.349 e. The molecule has 0 atom stereocenters. The van der Waals surface area contributed by atoms with Crippen molar-refractivity contribution in [2.45, 2.75) is 38.6 Å². The van der Waals surface area contributed by atoms with Crippen molar-refractivity contribution >= 4 is 21.8 Å². The summed E-state index contributed by atoms with van der Waals surface area (Å²) in [5.74, 6) is 0.881. The second kappa shape index (κ2) is 6.43. The van der Waals surface area contributed by atoms with E-state index in [4.69, 9.17) is 0 Å². The van der Waals surface area contributed by atoms with Gasteiger partial charge in [0.25, 0.3) is 0 Å². The molecule has 1 aromatic carbocycles. The number of benzene rings is 1. The van der Waals surface area contributed by atoms with Crippen molar-refractivity contribution in [2.75, 3.05) is 0 Å². The fraction of sp³-hybridized carbons (Fsp3) is 0.375. The number of H-pyrrole nitrogens is 1. The van der Waals surface area contributed by atoms with Gasteiger partial charge < -0.3 is 10.3 Å². The van der Waals surface area contributed by atoms with E-state index in [1.165, 1.54) is 24.2 Å². The highest BCUT2D eigenvalue weighted by Gasteiger charge is 2.14. The Bertz CT molecular complexity index is 627. The summed E-state index contributed by atoms with van der Waals surface area (Å²) in [7, 11) is 0. The molecule has 0 bridgehead atoms. The van der Waals surface area contributed by atoms with Gasteiger partial charge in [-0.1, -0.05) is 28.1 Å². The van der Waals surface area contributed by atoms with E-state index in [1.54, 1.807) is 0 Å². The molecule has 4 nitrogen and oxygen atoms in total. The van der Waals surface area contributed by atoms with E-state index in [1.807, 2.05) is 24.3 Å². The lowest BCUT2D eigenvalue weighted by Crippen LogP contribution is -2.25. The highest BCUT2D eigenvalue weighted by Crippen LogP contribution is 2.18. The predicted molar refractivity (Wildman–Crippen MR) is 84.9 cm³/mol. The molecule has 1 aromatic heterocycles. The zero-order chi connectivity index (χ0) is 14.7. The molecule has 0 fully saturated rings. The van der Waals surface area contributed by atoms with Crippen molar-refractivity contribution < 1.29 is 4.79 Å². The number of fused-ring (bicyclic) bond motifs is 1. The standard InChI is InChI=1S/C16H18BrN3O/c17-12-5-3-4-11(8-12)9-16(21)18-10-15-19-13-6-1-2-7-14(13)20-15/h3-5,8H,1-2,6-7,9-10H2,(H,18,21)(H,19,20). The van der Waals surface area contributed by atoms with Crippen LogP contribution in [-0.4, -0.2) is 15.9 Å². The van der Waals surface area contributed by atoms with E-state index >= 15 is 0 Å². The quantitative estimate of drug-likeness (QED) is 0.893. The first-order chi connectivity index (χ1) is 10.2. The fourth-order valence-electron chi connectivity index (χ4n) is 2.67. The summed E-state index contributed by atoms with van der Waals surface area (Å²) in [6.45, 7) is 0.472. The Balaban J connectivity index is 1.55. The third kappa shape index (κ3) is 3.73. The molecule has 5 heteroatoms. The SMILES string of the molecule is O=C(Cc1cccc(Br)c1)NCc1nc2c([nH]1)CCCC2. The number of aryl methyl sites for hydroxylation is 2. The van der Waals surface area contributed by atoms with Crippen LogP contribution >= 0.6 is 15.9 Å². The first kappa shape index (κ1) is 14.3. The van der Waals surface area contributed by atoms with E-state index in [0.717, 1.165) is 28.7 Å². The molecule has 2 aromatic rings. The average Bonchev–Trinajstić information content (AvgIpc) is 2.88. The smallest absolute Gasteiger partial charge is 0.224 e. The Morgan fingerprint density at radius 3 is 3.00 bits per heavy atom. The van der Waals surface area contributed by atoms with Gasteiger partial charge in [0.2, 0.25) is 5.91 Å². The number of aromatic amines is 1. The number of nitrogens with one attached hydrogen (secondary N) is 2. The largest absolute Gasteiger partial charge is 0.349 e. The van der Waals surface area contributed by atoms with Crippen LogP contribution < -0.4 is 5.32 Å². The minimum absolute atomic E-state index is 0.0162. The molecule has 1 aliphatic carbocycles. The van der Waals surface area contributed by atoms with Gasteiger partial charge in [0, 0.05) is 10.2 Å². The van der Waals surface area contributed by atoms with Crippen molar-refractivity contribution in [1.82, 2.24) is 15.3 Å². The van der Waals surface area contributed by atoms with Crippen LogP contribution in [0.25, 0.3) is 0 Å². The molecule has 0 aliphatic heterocycles. The monoisotopic (exact) mass is 347 g/mol. The zero-order valence-electron chi connectivity index (χ0n) is 11.8. The maximum atomic E-state index is 12.0. The summed E-state index contributed by atoms with van der Waals surface area (Å²) >= 11 is 3.41. The molecule has 1 aliphatic rings. The second-order valence-electron chi connectivity index (χ2n) is 5.40. The van der Waals surface area contributed by atoms with Gasteiger partial charge in [-0.15, -0.1) is 0 Å². The lowest BCUT2D eigenvalue weighted by molar-refractivity contribution is -0.120. The molecule has 0 saturated heterocycles. The van der Waals surface area contributed by atoms with E-state index in [-0.39, 0.29) is 5.91 Å². The highest BCUT2D eigenvalue weighted by atomic mass is 79.9. The first-order valence-electron chi connectivity index (χ1n) is 7.28. The Hall–Kier alpha value is -1.62. The number of nitrogens with zero attached hydrogens (tertiary/aromatic N) is 1. The summed E-state index contributed by atoms with van der Waals surface area (Å²) in [6.07, 6.45) is 4.96. The topological polar surface area (TPSA) is 57.8 Å². The number of rotatable bonds is 4. The van der Waals surface area contributed by atoms with Crippen LogP contribution in [0.3, 0.4) is 0 Å². The summed E-state index contributed by atoms with van der Waals surface area (Å²) in [6, 6.07) is 7.81. The Morgan fingerprint density at radius 2 is 2.19 bits per heavy atom. The first-order valence-corrected chi connectivity index (χ1v) is 8.08. The number of amides is 1. The summed E-state index contributed by atoms with van der Waals surface area (Å²) in [5.41, 5.74) is 3.43. The second-order valence-corrected chi connectivity index (χ2v) is 6.31. The fourth-order valence-corrected chi connectivity index (χ4v) is 3.12. The van der Waals surface area contributed by atoms with E-state index in [0.29, 0.717) is 13.0 Å². The van der Waals surface area contributed by atoms with Crippen molar-refractivity contribution in [3.63, 3.8) is 0 Å². The number of imidazole rings is 1. The van der Waals surface area contributed by atoms with Crippen LogP contribution in [0.4, 0.5) is 0 Å². The summed E-state index contributed by atoms with van der Waals surface area (Å²) in [5, 5.41) is 2.93. The van der Waals surface area contributed by atoms with E-state index in [9.17, 15) is 4.79 Å². The number of halogens is 1. The van der Waals surface area contributed by atoms with Crippen molar-refractivity contribution in [2.24, 2.45) is 0 Å². The maximum Gasteiger partial charge on any atom is 0.224 e. The maximum absolute atomic E-state index is 12.0. The van der Waals surface area contributed by atoms with Gasteiger partial charge in [0.15, 0.2) is 0 Å². The number of hydrogen-bond acceptors (Lipinski definition) is 2. The van der Waals surface area contributed by atoms with Crippen LogP contribution in [0.2, 0.25) is 0 Å². The average molecular weight is 348 g/mol. The number of aromatic nitrogens is 2. The number of carbonyl (C=O) groups is 1. The highest BCUT2D eigenvalue weighted by molar-refractivity contribution is 9.10. The van der Waals surface area contributed by atoms with Crippen LogP contribution in [0.1, 0.15) is 35.6 Å². The minimum atomic E-state index is 0.0162. The molecule has 21 heavy (non-hydrogen) atoms. The van der Waals surface area contributed by atoms with Gasteiger partial charge in [0.05, 0.1) is 18.7 Å². The van der Waals surface area contributed by atoms with Gasteiger partial charge in [-0.25, -0.2) is 4.98 Å². The molecular formula is C16H18BrN3O. The van der Waals surface area contributed by atoms with E-state index in [2.05, 4.69) is 31.2 Å². The molecule has 110 valence electrons. The third-order valence-corrected chi connectivity index (χ3v) is 4.20. The third-order valence-electron chi connectivity index (χ3n) is 3.71. The Kier molecular flexibility index (Phi) is 4.39. The number of carbonyl (C=O) groups excluding carboxylic acids is 1. The normalized spacial score (nSPS) is 13.8. The molecule has 2 N–H and O–H groups in total. The summed E-state index contributed by atoms with van der Waals surface area (Å²) in [4.78, 5) is 19.9. The zero-order valence-corrected chi connectivity index (χ0v) is 13.4. The predicted octanol–water partition coefficient (Wildman–Crippen LogP) is 2.91. The van der Waals surface area contributed by atoms with Gasteiger partial charge in [-0.3, -0.25) is 4.79 Å². The van der Waals surface area contributed by atoms with Crippen LogP contribution in [0.5, 0.6) is 0 Å². The van der Waals surface area contributed by atoms with Crippen molar-refractivity contribution in [1.29, 1.82) is 0 Å². The van der Waals surface area contributed by atoms with Gasteiger partial charge >= 0.3 is 0 Å². The molecule has 0 radical (unpaired) electrons. The Morgan fingerprint density at radius 1 is 1.33 bits per heavy atom. The van der Waals surface area contributed by atoms with Crippen molar-refractivity contribution in [3.05, 3.63) is 51.5 Å². The molecule has 0 unspecified atom stereocenters. The molecular weight excluding hydrogens is 330 g/mol. The van der Waals surface area contributed by atoms with Crippen molar-refractivity contribution in [3.8, 4) is 0 Å². The Labute approximate surface area is 132 Å². The lowest BCUT2D eigenvalue weighted by atomic mass is 10.0. The molecule has 1 heterocycles. The summed E-state index contributed by atoms with van der Waals surface area (Å²) < 4.78 is 0.992. The van der Waals surface area contributed by atoms with Gasteiger partial charge in [-0.2, -0.15) is 0 Å². The lowest BCUT2D eigenvalue weighted by Gasteiger charge is -2.07.